The van der Waals surface area contributed by atoms with Crippen LogP contribution in [0.1, 0.15) is 29.8 Å². The number of nitrogens with zero attached hydrogens (tertiary/aromatic N) is 3. The van der Waals surface area contributed by atoms with E-state index in [-0.39, 0.29) is 24.2 Å². The number of ether oxygens (including phenoxy) is 2. The zero-order valence-corrected chi connectivity index (χ0v) is 17.1. The number of carbonyl (C=O) groups is 2. The fourth-order valence-corrected chi connectivity index (χ4v) is 4.28. The largest absolute Gasteiger partial charge is 0.381 e. The third-order valence-electron chi connectivity index (χ3n) is 5.84. The van der Waals surface area contributed by atoms with E-state index < -0.39 is 5.60 Å². The Labute approximate surface area is 174 Å². The first-order valence-electron chi connectivity index (χ1n) is 10.3. The van der Waals surface area contributed by atoms with Crippen molar-refractivity contribution in [3.05, 3.63) is 42.0 Å². The van der Waals surface area contributed by atoms with Crippen molar-refractivity contribution in [2.75, 3.05) is 46.5 Å². The van der Waals surface area contributed by atoms with Crippen molar-refractivity contribution < 1.29 is 23.5 Å². The van der Waals surface area contributed by atoms with Gasteiger partial charge in [0.1, 0.15) is 11.5 Å². The molecule has 2 fully saturated rings. The molecule has 2 amide bonds. The summed E-state index contributed by atoms with van der Waals surface area (Å²) in [5.41, 5.74) is -0.577. The van der Waals surface area contributed by atoms with Crippen LogP contribution in [0.3, 0.4) is 0 Å². The number of hydrogen-bond acceptors (Lipinski definition) is 5. The van der Waals surface area contributed by atoms with Crippen molar-refractivity contribution in [1.29, 1.82) is 0 Å². The Morgan fingerprint density at radius 2 is 1.93 bits per heavy atom. The average molecular weight is 415 g/mol. The Kier molecular flexibility index (Phi) is 5.97. The molecule has 30 heavy (non-hydrogen) atoms. The van der Waals surface area contributed by atoms with E-state index in [0.29, 0.717) is 56.7 Å². The molecule has 160 valence electrons. The number of halogens is 1. The van der Waals surface area contributed by atoms with Crippen molar-refractivity contribution in [2.24, 2.45) is 0 Å². The van der Waals surface area contributed by atoms with Crippen LogP contribution in [0.4, 0.5) is 4.39 Å². The highest BCUT2D eigenvalue weighted by molar-refractivity contribution is 5.96. The summed E-state index contributed by atoms with van der Waals surface area (Å²) in [4.78, 5) is 33.9. The fourth-order valence-electron chi connectivity index (χ4n) is 4.28. The summed E-state index contributed by atoms with van der Waals surface area (Å²) in [6, 6.07) is 6.09. The second kappa shape index (κ2) is 8.65. The van der Waals surface area contributed by atoms with Crippen LogP contribution in [0.15, 0.2) is 30.5 Å². The number of aromatic nitrogens is 1. The second-order valence-corrected chi connectivity index (χ2v) is 7.88. The third kappa shape index (κ3) is 4.02. The van der Waals surface area contributed by atoms with E-state index in [9.17, 15) is 14.0 Å². The summed E-state index contributed by atoms with van der Waals surface area (Å²) in [6.07, 6.45) is 3.69. The molecular weight excluding hydrogens is 389 g/mol. The molecule has 2 aliphatic rings. The zero-order chi connectivity index (χ0) is 21.1. The minimum absolute atomic E-state index is 0.0537. The first-order valence-corrected chi connectivity index (χ1v) is 10.3. The van der Waals surface area contributed by atoms with Gasteiger partial charge in [-0.05, 0) is 42.8 Å². The molecule has 1 aromatic carbocycles. The molecule has 2 aromatic rings. The molecule has 3 heterocycles. The molecule has 0 spiro atoms. The van der Waals surface area contributed by atoms with Gasteiger partial charge in [0.15, 0.2) is 5.60 Å². The first-order chi connectivity index (χ1) is 14.5. The molecule has 0 radical (unpaired) electrons. The smallest absolute Gasteiger partial charge is 0.272 e. The van der Waals surface area contributed by atoms with Crippen molar-refractivity contribution in [3.63, 3.8) is 0 Å². The van der Waals surface area contributed by atoms with Gasteiger partial charge in [-0.2, -0.15) is 0 Å². The van der Waals surface area contributed by atoms with Gasteiger partial charge >= 0.3 is 0 Å². The number of hydrogen-bond donors (Lipinski definition) is 0. The minimum atomic E-state index is -0.900. The van der Waals surface area contributed by atoms with E-state index in [0.717, 1.165) is 11.8 Å². The van der Waals surface area contributed by atoms with E-state index in [1.165, 1.54) is 18.3 Å². The van der Waals surface area contributed by atoms with Gasteiger partial charge in [0.2, 0.25) is 0 Å². The number of pyridine rings is 1. The molecular formula is C22H26FN3O4. The quantitative estimate of drug-likeness (QED) is 0.766. The fraction of sp³-hybridized carbons (Fsp3) is 0.500. The van der Waals surface area contributed by atoms with Crippen molar-refractivity contribution in [3.8, 4) is 0 Å². The van der Waals surface area contributed by atoms with Crippen LogP contribution < -0.4 is 0 Å². The average Bonchev–Trinajstić information content (AvgIpc) is 3.09. The van der Waals surface area contributed by atoms with Gasteiger partial charge in [-0.1, -0.05) is 6.07 Å². The van der Waals surface area contributed by atoms with Crippen molar-refractivity contribution >= 4 is 22.6 Å². The summed E-state index contributed by atoms with van der Waals surface area (Å²) in [7, 11) is 1.57. The lowest BCUT2D eigenvalue weighted by Crippen LogP contribution is -2.52. The van der Waals surface area contributed by atoms with Gasteiger partial charge in [-0.15, -0.1) is 0 Å². The van der Waals surface area contributed by atoms with Crippen LogP contribution >= 0.6 is 0 Å². The van der Waals surface area contributed by atoms with Gasteiger partial charge in [-0.25, -0.2) is 4.39 Å². The maximum absolute atomic E-state index is 13.4. The Morgan fingerprint density at radius 3 is 2.70 bits per heavy atom. The number of carbonyl (C=O) groups excluding carboxylic acids is 2. The first kappa shape index (κ1) is 20.7. The molecule has 8 heteroatoms. The molecule has 1 atom stereocenters. The van der Waals surface area contributed by atoms with Gasteiger partial charge in [-0.3, -0.25) is 14.6 Å². The number of fused-ring (bicyclic) bond motifs is 1. The zero-order valence-electron chi connectivity index (χ0n) is 17.1. The molecule has 2 saturated heterocycles. The number of amides is 2. The lowest BCUT2D eigenvalue weighted by atomic mass is 9.99. The predicted molar refractivity (Wildman–Crippen MR) is 109 cm³/mol. The van der Waals surface area contributed by atoms with E-state index in [2.05, 4.69) is 4.98 Å². The highest BCUT2D eigenvalue weighted by Gasteiger charge is 2.45. The second-order valence-electron chi connectivity index (χ2n) is 7.88. The van der Waals surface area contributed by atoms with Gasteiger partial charge in [0, 0.05) is 51.5 Å². The normalized spacial score (nSPS) is 22.3. The maximum Gasteiger partial charge on any atom is 0.272 e. The monoisotopic (exact) mass is 415 g/mol. The summed E-state index contributed by atoms with van der Waals surface area (Å²) in [6.45, 7) is 2.79. The van der Waals surface area contributed by atoms with Crippen molar-refractivity contribution in [1.82, 2.24) is 14.8 Å². The number of benzene rings is 1. The Bertz CT molecular complexity index is 945. The SMILES string of the molecule is COCC1(C(=O)N2CCCN(C(=O)c3cc4ccc(F)cc4cn3)CC2)CCCO1. The van der Waals surface area contributed by atoms with Crippen LogP contribution in [0.5, 0.6) is 0 Å². The lowest BCUT2D eigenvalue weighted by Gasteiger charge is -2.32. The highest BCUT2D eigenvalue weighted by atomic mass is 19.1. The Balaban J connectivity index is 1.45. The molecule has 0 bridgehead atoms. The molecule has 2 aliphatic heterocycles. The molecule has 1 aromatic heterocycles. The van der Waals surface area contributed by atoms with Crippen LogP contribution in [0.25, 0.3) is 10.8 Å². The summed E-state index contributed by atoms with van der Waals surface area (Å²) >= 11 is 0. The maximum atomic E-state index is 13.4. The topological polar surface area (TPSA) is 72.0 Å². The van der Waals surface area contributed by atoms with Crippen LogP contribution in [0, 0.1) is 5.82 Å². The summed E-state index contributed by atoms with van der Waals surface area (Å²) in [5.74, 6) is -0.570. The van der Waals surface area contributed by atoms with Crippen molar-refractivity contribution in [2.45, 2.75) is 24.9 Å². The van der Waals surface area contributed by atoms with Gasteiger partial charge in [0.05, 0.1) is 6.61 Å². The number of rotatable bonds is 4. The van der Waals surface area contributed by atoms with Crippen LogP contribution in [-0.4, -0.2) is 78.7 Å². The Morgan fingerprint density at radius 1 is 1.13 bits per heavy atom. The standard InChI is InChI=1S/C22H26FN3O4/c1-29-15-22(6-2-11-30-22)21(28)26-8-3-7-25(9-10-26)20(27)19-13-16-4-5-18(23)12-17(16)14-24-19/h4-5,12-14H,2-3,6-11,15H2,1H3. The molecule has 0 saturated carbocycles. The molecule has 0 aliphatic carbocycles. The molecule has 0 N–H and O–H groups in total. The summed E-state index contributed by atoms with van der Waals surface area (Å²) in [5, 5.41) is 1.42. The Hall–Kier alpha value is -2.58. The van der Waals surface area contributed by atoms with E-state index in [1.54, 1.807) is 29.0 Å². The van der Waals surface area contributed by atoms with E-state index in [1.807, 2.05) is 0 Å². The van der Waals surface area contributed by atoms with Gasteiger partial charge in [0.25, 0.3) is 11.8 Å². The predicted octanol–water partition coefficient (Wildman–Crippen LogP) is 2.24. The molecule has 7 nitrogen and oxygen atoms in total. The molecule has 1 unspecified atom stereocenters. The summed E-state index contributed by atoms with van der Waals surface area (Å²) < 4.78 is 24.4. The number of methoxy groups -OCH3 is 1. The highest BCUT2D eigenvalue weighted by Crippen LogP contribution is 2.29. The van der Waals surface area contributed by atoms with E-state index in [4.69, 9.17) is 9.47 Å². The van der Waals surface area contributed by atoms with Crippen LogP contribution in [0.2, 0.25) is 0 Å². The van der Waals surface area contributed by atoms with Crippen LogP contribution in [-0.2, 0) is 14.3 Å². The minimum Gasteiger partial charge on any atom is -0.381 e. The van der Waals surface area contributed by atoms with E-state index >= 15 is 0 Å². The molecule has 4 rings (SSSR count). The third-order valence-corrected chi connectivity index (χ3v) is 5.84. The lowest BCUT2D eigenvalue weighted by molar-refractivity contribution is -0.158. The van der Waals surface area contributed by atoms with Gasteiger partial charge < -0.3 is 19.3 Å².